The van der Waals surface area contributed by atoms with E-state index < -0.39 is 10.8 Å². The van der Waals surface area contributed by atoms with Crippen LogP contribution in [0.15, 0.2) is 69.6 Å². The number of furan rings is 1. The Morgan fingerprint density at radius 3 is 2.62 bits per heavy atom. The minimum Gasteiger partial charge on any atom is -0.484 e. The molecule has 0 unspecified atom stereocenters. The second kappa shape index (κ2) is 7.83. The molecule has 0 aliphatic rings. The fourth-order valence-corrected chi connectivity index (χ4v) is 2.61. The molecule has 0 atom stereocenters. The molecule has 0 spiro atoms. The average Bonchev–Trinajstić information content (AvgIpc) is 3.10. The van der Waals surface area contributed by atoms with Gasteiger partial charge in [-0.15, -0.1) is 0 Å². The molecule has 1 amide bonds. The van der Waals surface area contributed by atoms with Crippen LogP contribution in [0.3, 0.4) is 0 Å². The van der Waals surface area contributed by atoms with Crippen molar-refractivity contribution in [2.45, 2.75) is 6.61 Å². The molecule has 0 saturated carbocycles. The molecule has 1 heterocycles. The molecule has 2 aromatic carbocycles. The Morgan fingerprint density at radius 2 is 1.85 bits per heavy atom. The van der Waals surface area contributed by atoms with Gasteiger partial charge in [-0.05, 0) is 46.3 Å². The van der Waals surface area contributed by atoms with Gasteiger partial charge in [0.25, 0.3) is 11.6 Å². The molecule has 0 saturated heterocycles. The van der Waals surface area contributed by atoms with Crippen LogP contribution in [0.2, 0.25) is 0 Å². The van der Waals surface area contributed by atoms with Crippen molar-refractivity contribution < 1.29 is 18.9 Å². The molecule has 3 rings (SSSR count). The third kappa shape index (κ3) is 4.09. The van der Waals surface area contributed by atoms with Gasteiger partial charge in [0.15, 0.2) is 5.76 Å². The molecule has 3 aromatic rings. The smallest absolute Gasteiger partial charge is 0.292 e. The van der Waals surface area contributed by atoms with E-state index in [1.807, 2.05) is 18.2 Å². The topological polar surface area (TPSA) is 94.6 Å². The van der Waals surface area contributed by atoms with E-state index >= 15 is 0 Å². The van der Waals surface area contributed by atoms with E-state index in [2.05, 4.69) is 21.2 Å². The Labute approximate surface area is 156 Å². The Kier molecular flexibility index (Phi) is 5.33. The second-order valence-electron chi connectivity index (χ2n) is 5.21. The van der Waals surface area contributed by atoms with Gasteiger partial charge in [0.05, 0.1) is 9.40 Å². The summed E-state index contributed by atoms with van der Waals surface area (Å²) in [5.41, 5.74) is -0.0881. The van der Waals surface area contributed by atoms with Crippen LogP contribution in [0, 0.1) is 10.1 Å². The maximum atomic E-state index is 12.3. The van der Waals surface area contributed by atoms with Gasteiger partial charge in [0, 0.05) is 6.07 Å². The summed E-state index contributed by atoms with van der Waals surface area (Å²) in [7, 11) is 0. The van der Waals surface area contributed by atoms with E-state index in [1.165, 1.54) is 24.3 Å². The highest BCUT2D eigenvalue weighted by Crippen LogP contribution is 2.26. The van der Waals surface area contributed by atoms with Crippen molar-refractivity contribution in [3.05, 3.63) is 86.8 Å². The normalized spacial score (nSPS) is 10.3. The minimum absolute atomic E-state index is 0.0360. The molecule has 0 radical (unpaired) electrons. The number of amides is 1. The van der Waals surface area contributed by atoms with Gasteiger partial charge in [-0.25, -0.2) is 0 Å². The number of rotatable bonds is 6. The van der Waals surface area contributed by atoms with Gasteiger partial charge in [-0.3, -0.25) is 14.9 Å². The Morgan fingerprint density at radius 1 is 1.12 bits per heavy atom. The second-order valence-corrected chi connectivity index (χ2v) is 6.07. The summed E-state index contributed by atoms with van der Waals surface area (Å²) in [6, 6.07) is 16.4. The quantitative estimate of drug-likeness (QED) is 0.460. The van der Waals surface area contributed by atoms with Crippen LogP contribution in [0.1, 0.15) is 16.3 Å². The fourth-order valence-electron chi connectivity index (χ4n) is 2.21. The van der Waals surface area contributed by atoms with Gasteiger partial charge < -0.3 is 14.5 Å². The highest BCUT2D eigenvalue weighted by molar-refractivity contribution is 9.10. The number of benzene rings is 2. The maximum absolute atomic E-state index is 12.3. The molecule has 26 heavy (non-hydrogen) atoms. The number of nitrogens with zero attached hydrogens (tertiary/aromatic N) is 1. The zero-order valence-corrected chi connectivity index (χ0v) is 14.9. The lowest BCUT2D eigenvalue weighted by atomic mass is 10.2. The first-order valence-electron chi connectivity index (χ1n) is 7.55. The molecule has 0 fully saturated rings. The standard InChI is InChI=1S/C18H13BrN2O5/c19-13-5-1-4-8-16(13)25-11-12-9-10-17(26-12)18(22)20-14-6-2-3-7-15(14)21(23)24/h1-10H,11H2,(H,20,22). The zero-order chi connectivity index (χ0) is 18.5. The Bertz CT molecular complexity index is 954. The van der Waals surface area contributed by atoms with Crippen molar-refractivity contribution >= 4 is 33.2 Å². The van der Waals surface area contributed by atoms with E-state index in [1.54, 1.807) is 18.2 Å². The number of carbonyl (C=O) groups is 1. The van der Waals surface area contributed by atoms with Crippen LogP contribution >= 0.6 is 15.9 Å². The third-order valence-electron chi connectivity index (χ3n) is 3.44. The van der Waals surface area contributed by atoms with Gasteiger partial charge in [0.2, 0.25) is 0 Å². The van der Waals surface area contributed by atoms with Gasteiger partial charge in [0.1, 0.15) is 23.8 Å². The van der Waals surface area contributed by atoms with E-state index in [0.29, 0.717) is 11.5 Å². The van der Waals surface area contributed by atoms with E-state index in [-0.39, 0.29) is 23.7 Å². The van der Waals surface area contributed by atoms with Gasteiger partial charge in [-0.2, -0.15) is 0 Å². The summed E-state index contributed by atoms with van der Waals surface area (Å²) < 4.78 is 11.9. The number of halogens is 1. The molecule has 0 aliphatic carbocycles. The molecule has 1 aromatic heterocycles. The van der Waals surface area contributed by atoms with Crippen molar-refractivity contribution in [1.82, 2.24) is 0 Å². The molecule has 1 N–H and O–H groups in total. The lowest BCUT2D eigenvalue weighted by Crippen LogP contribution is -2.12. The highest BCUT2D eigenvalue weighted by Gasteiger charge is 2.18. The zero-order valence-electron chi connectivity index (χ0n) is 13.3. The van der Waals surface area contributed by atoms with Crippen molar-refractivity contribution in [2.24, 2.45) is 0 Å². The highest BCUT2D eigenvalue weighted by atomic mass is 79.9. The number of ether oxygens (including phenoxy) is 1. The molecule has 7 nitrogen and oxygen atoms in total. The first-order chi connectivity index (χ1) is 12.5. The SMILES string of the molecule is O=C(Nc1ccccc1[N+](=O)[O-])c1ccc(COc2ccccc2Br)o1. The first-order valence-corrected chi connectivity index (χ1v) is 8.34. The van der Waals surface area contributed by atoms with E-state index in [4.69, 9.17) is 9.15 Å². The monoisotopic (exact) mass is 416 g/mol. The number of nitro groups is 1. The van der Waals surface area contributed by atoms with Crippen molar-refractivity contribution in [1.29, 1.82) is 0 Å². The predicted molar refractivity (Wildman–Crippen MR) is 98.2 cm³/mol. The number of nitrogens with one attached hydrogen (secondary N) is 1. The van der Waals surface area contributed by atoms with Crippen LogP contribution in [-0.2, 0) is 6.61 Å². The van der Waals surface area contributed by atoms with Crippen LogP contribution in [0.25, 0.3) is 0 Å². The van der Waals surface area contributed by atoms with E-state index in [0.717, 1.165) is 4.47 Å². The number of para-hydroxylation sites is 3. The Balaban J connectivity index is 1.67. The molecular weight excluding hydrogens is 404 g/mol. The van der Waals surface area contributed by atoms with Crippen molar-refractivity contribution in [3.63, 3.8) is 0 Å². The average molecular weight is 417 g/mol. The number of carbonyl (C=O) groups excluding carboxylic acids is 1. The van der Waals surface area contributed by atoms with E-state index in [9.17, 15) is 14.9 Å². The third-order valence-corrected chi connectivity index (χ3v) is 4.10. The number of hydrogen-bond acceptors (Lipinski definition) is 5. The molecule has 0 aliphatic heterocycles. The van der Waals surface area contributed by atoms with Crippen molar-refractivity contribution in [2.75, 3.05) is 5.32 Å². The number of nitro benzene ring substituents is 1. The minimum atomic E-state index is -0.577. The lowest BCUT2D eigenvalue weighted by molar-refractivity contribution is -0.383. The van der Waals surface area contributed by atoms with Crippen LogP contribution < -0.4 is 10.1 Å². The fraction of sp³-hybridized carbons (Fsp3) is 0.0556. The first kappa shape index (κ1) is 17.7. The largest absolute Gasteiger partial charge is 0.484 e. The van der Waals surface area contributed by atoms with Crippen LogP contribution in [0.5, 0.6) is 5.75 Å². The summed E-state index contributed by atoms with van der Waals surface area (Å²) in [5, 5.41) is 13.5. The number of anilines is 1. The molecule has 8 heteroatoms. The van der Waals surface area contributed by atoms with Crippen LogP contribution in [-0.4, -0.2) is 10.8 Å². The van der Waals surface area contributed by atoms with Crippen molar-refractivity contribution in [3.8, 4) is 5.75 Å². The molecule has 0 bridgehead atoms. The number of hydrogen-bond donors (Lipinski definition) is 1. The summed E-state index contributed by atoms with van der Waals surface area (Å²) >= 11 is 3.38. The predicted octanol–water partition coefficient (Wildman–Crippen LogP) is 4.78. The lowest BCUT2D eigenvalue weighted by Gasteiger charge is -2.06. The molecule has 132 valence electrons. The van der Waals surface area contributed by atoms with Gasteiger partial charge in [-0.1, -0.05) is 24.3 Å². The Hall–Kier alpha value is -3.13. The summed E-state index contributed by atoms with van der Waals surface area (Å²) in [6.07, 6.45) is 0. The summed E-state index contributed by atoms with van der Waals surface area (Å²) in [5.74, 6) is 0.559. The maximum Gasteiger partial charge on any atom is 0.292 e. The van der Waals surface area contributed by atoms with Crippen LogP contribution in [0.4, 0.5) is 11.4 Å². The van der Waals surface area contributed by atoms with Gasteiger partial charge >= 0.3 is 0 Å². The molecular formula is C18H13BrN2O5. The summed E-state index contributed by atoms with van der Waals surface area (Å²) in [6.45, 7) is 0.140. The summed E-state index contributed by atoms with van der Waals surface area (Å²) in [4.78, 5) is 22.7.